The zero-order valence-corrected chi connectivity index (χ0v) is 30.6. The number of fused-ring (bicyclic) bond motifs is 1. The molecule has 5 rings (SSSR count). The Morgan fingerprint density at radius 3 is 2.31 bits per heavy atom. The van der Waals surface area contributed by atoms with E-state index in [1.807, 2.05) is 32.0 Å². The Morgan fingerprint density at radius 2 is 1.61 bits per heavy atom. The summed E-state index contributed by atoms with van der Waals surface area (Å²) in [5, 5.41) is 8.97. The lowest BCUT2D eigenvalue weighted by Gasteiger charge is -2.09. The molecule has 0 spiro atoms. The smallest absolute Gasteiger partial charge is 0.263 e. The first-order valence-corrected chi connectivity index (χ1v) is 19.2. The number of amides is 2. The van der Waals surface area contributed by atoms with Crippen molar-refractivity contribution < 1.29 is 27.6 Å². The summed E-state index contributed by atoms with van der Waals surface area (Å²) < 4.78 is 29.0. The maximum Gasteiger partial charge on any atom is 0.263 e. The number of rotatable bonds is 16. The number of ketones is 1. The van der Waals surface area contributed by atoms with Gasteiger partial charge in [0.25, 0.3) is 15.9 Å². The van der Waals surface area contributed by atoms with Gasteiger partial charge in [0.2, 0.25) is 11.8 Å². The topological polar surface area (TPSA) is 156 Å². The number of halogens is 1. The molecule has 0 aliphatic heterocycles. The Bertz CT molecular complexity index is 2150. The molecule has 0 saturated heterocycles. The molecule has 3 N–H and O–H groups in total. The second kappa shape index (κ2) is 16.9. The molecule has 0 radical (unpaired) electrons. The normalized spacial score (nSPS) is 11.4. The van der Waals surface area contributed by atoms with Crippen molar-refractivity contribution in [2.24, 2.45) is 0 Å². The molecule has 2 amide bonds. The quantitative estimate of drug-likeness (QED) is 0.0913. The Hall–Kier alpha value is -4.85. The number of nitrogens with one attached hydrogen (secondary N) is 3. The van der Waals surface area contributed by atoms with Gasteiger partial charge in [0.05, 0.1) is 16.8 Å². The van der Waals surface area contributed by atoms with E-state index in [1.165, 1.54) is 30.5 Å². The molecule has 0 unspecified atom stereocenters. The Kier molecular flexibility index (Phi) is 12.4. The van der Waals surface area contributed by atoms with Crippen LogP contribution < -0.4 is 15.4 Å². The number of aryl methyl sites for hydroxylation is 1. The first kappa shape index (κ1) is 37.4. The van der Waals surface area contributed by atoms with Crippen LogP contribution in [-0.4, -0.2) is 48.0 Å². The third-order valence-electron chi connectivity index (χ3n) is 8.31. The Labute approximate surface area is 305 Å². The van der Waals surface area contributed by atoms with E-state index in [0.29, 0.717) is 47.8 Å². The highest BCUT2D eigenvalue weighted by molar-refractivity contribution is 7.93. The van der Waals surface area contributed by atoms with Gasteiger partial charge >= 0.3 is 0 Å². The number of hydrogen-bond donors (Lipinski definition) is 3. The molecule has 0 atom stereocenters. The second-order valence-electron chi connectivity index (χ2n) is 12.1. The number of carbonyl (C=O) groups is 4. The third kappa shape index (κ3) is 9.90. The van der Waals surface area contributed by atoms with E-state index in [4.69, 9.17) is 11.6 Å². The number of anilines is 2. The van der Waals surface area contributed by atoms with Gasteiger partial charge in [-0.2, -0.15) is 0 Å². The monoisotopic (exact) mass is 747 g/mol. The highest BCUT2D eigenvalue weighted by atomic mass is 35.5. The molecule has 2 heterocycles. The minimum absolute atomic E-state index is 0.0151. The van der Waals surface area contributed by atoms with Crippen molar-refractivity contribution in [2.75, 3.05) is 16.6 Å². The van der Waals surface area contributed by atoms with Gasteiger partial charge in [-0.05, 0) is 92.9 Å². The van der Waals surface area contributed by atoms with Gasteiger partial charge in [0, 0.05) is 64.7 Å². The van der Waals surface area contributed by atoms with E-state index in [2.05, 4.69) is 20.3 Å². The molecular weight excluding hydrogens is 710 g/mol. The van der Waals surface area contributed by atoms with E-state index >= 15 is 0 Å². The summed E-state index contributed by atoms with van der Waals surface area (Å²) in [6, 6.07) is 18.3. The van der Waals surface area contributed by atoms with Crippen LogP contribution in [0.4, 0.5) is 10.8 Å². The van der Waals surface area contributed by atoms with Gasteiger partial charge in [-0.3, -0.25) is 28.5 Å². The van der Waals surface area contributed by atoms with Crippen molar-refractivity contribution in [2.45, 2.75) is 63.7 Å². The van der Waals surface area contributed by atoms with Gasteiger partial charge < -0.3 is 10.6 Å². The maximum absolute atomic E-state index is 13.5. The summed E-state index contributed by atoms with van der Waals surface area (Å²) in [5.41, 5.74) is 4.20. The SMILES string of the molecule is Cc1ccc2c(c1)c(CC(=O)NCCCCCC(=O)CCC(=O)Nc1ccc(S(=O)(=O)Nc3nccs3)cc1)c(C)n2C(=O)c1ccc(Cl)cc1. The van der Waals surface area contributed by atoms with Crippen LogP contribution >= 0.6 is 22.9 Å². The lowest BCUT2D eigenvalue weighted by Crippen LogP contribution is -2.26. The van der Waals surface area contributed by atoms with Gasteiger partial charge in [-0.15, -0.1) is 11.3 Å². The fourth-order valence-electron chi connectivity index (χ4n) is 5.64. The van der Waals surface area contributed by atoms with Gasteiger partial charge in [0.15, 0.2) is 5.13 Å². The Morgan fingerprint density at radius 1 is 0.863 bits per heavy atom. The molecule has 0 fully saturated rings. The van der Waals surface area contributed by atoms with E-state index in [9.17, 15) is 27.6 Å². The number of benzene rings is 3. The third-order valence-corrected chi connectivity index (χ3v) is 10.7. The number of carbonyl (C=O) groups excluding carboxylic acids is 4. The molecule has 51 heavy (non-hydrogen) atoms. The molecule has 11 nitrogen and oxygen atoms in total. The number of hydrogen-bond acceptors (Lipinski definition) is 8. The van der Waals surface area contributed by atoms with Crippen LogP contribution in [0, 0.1) is 13.8 Å². The molecule has 0 saturated carbocycles. The average molecular weight is 748 g/mol. The molecule has 0 bridgehead atoms. The van der Waals surface area contributed by atoms with Crippen molar-refractivity contribution in [3.63, 3.8) is 0 Å². The lowest BCUT2D eigenvalue weighted by atomic mass is 10.1. The largest absolute Gasteiger partial charge is 0.356 e. The summed E-state index contributed by atoms with van der Waals surface area (Å²) >= 11 is 7.18. The summed E-state index contributed by atoms with van der Waals surface area (Å²) in [5.74, 6) is -0.714. The minimum Gasteiger partial charge on any atom is -0.356 e. The number of thiazole rings is 1. The number of sulfonamides is 1. The molecule has 5 aromatic rings. The van der Waals surface area contributed by atoms with Gasteiger partial charge in [-0.1, -0.05) is 29.7 Å². The zero-order chi connectivity index (χ0) is 36.5. The van der Waals surface area contributed by atoms with Crippen LogP contribution in [0.15, 0.2) is 83.2 Å². The molecule has 2 aromatic heterocycles. The van der Waals surface area contributed by atoms with E-state index in [1.54, 1.807) is 34.2 Å². The van der Waals surface area contributed by atoms with E-state index in [-0.39, 0.29) is 52.8 Å². The summed E-state index contributed by atoms with van der Waals surface area (Å²) in [4.78, 5) is 55.2. The standard InChI is InChI=1S/C37H38ClN5O6S2/c1-24-7-17-33-32(22-24)31(25(2)43(33)36(47)26-8-10-27(38)11-9-26)23-35(46)39-19-5-3-4-6-29(44)14-18-34(45)41-28-12-15-30(16-13-28)51(48,49)42-37-40-20-21-50-37/h7-13,15-17,20-22H,3-6,14,18-19,23H2,1-2H3,(H,39,46)(H,40,42)(H,41,45). The van der Waals surface area contributed by atoms with E-state index < -0.39 is 10.0 Å². The van der Waals surface area contributed by atoms with Crippen molar-refractivity contribution in [3.05, 3.63) is 106 Å². The van der Waals surface area contributed by atoms with Crippen LogP contribution in [0.2, 0.25) is 5.02 Å². The fraction of sp³-hybridized carbons (Fsp3) is 0.270. The van der Waals surface area contributed by atoms with Crippen LogP contribution in [-0.2, 0) is 30.8 Å². The molecule has 14 heteroatoms. The number of unbranched alkanes of at least 4 members (excludes halogenated alkanes) is 2. The molecule has 0 aliphatic carbocycles. The van der Waals surface area contributed by atoms with Crippen molar-refractivity contribution in [1.82, 2.24) is 14.9 Å². The van der Waals surface area contributed by atoms with Crippen LogP contribution in [0.1, 0.15) is 65.7 Å². The first-order valence-electron chi connectivity index (χ1n) is 16.4. The van der Waals surface area contributed by atoms with Crippen molar-refractivity contribution in [1.29, 1.82) is 0 Å². The van der Waals surface area contributed by atoms with Crippen LogP contribution in [0.5, 0.6) is 0 Å². The van der Waals surface area contributed by atoms with Crippen LogP contribution in [0.25, 0.3) is 10.9 Å². The molecule has 0 aliphatic rings. The molecule has 3 aromatic carbocycles. The predicted octanol–water partition coefficient (Wildman–Crippen LogP) is 7.06. The average Bonchev–Trinajstić information content (AvgIpc) is 3.70. The molecule has 266 valence electrons. The lowest BCUT2D eigenvalue weighted by molar-refractivity contribution is -0.123. The fourth-order valence-corrected chi connectivity index (χ4v) is 7.56. The van der Waals surface area contributed by atoms with Crippen molar-refractivity contribution in [3.8, 4) is 0 Å². The second-order valence-corrected chi connectivity index (χ2v) is 15.1. The highest BCUT2D eigenvalue weighted by Gasteiger charge is 2.22. The zero-order valence-electron chi connectivity index (χ0n) is 28.2. The van der Waals surface area contributed by atoms with Crippen LogP contribution in [0.3, 0.4) is 0 Å². The number of aromatic nitrogens is 2. The van der Waals surface area contributed by atoms with Gasteiger partial charge in [0.1, 0.15) is 5.78 Å². The maximum atomic E-state index is 13.5. The summed E-state index contributed by atoms with van der Waals surface area (Å²) in [6.07, 6.45) is 4.13. The number of Topliss-reactive ketones (excluding diaryl/α,β-unsaturated/α-hetero) is 1. The summed E-state index contributed by atoms with van der Waals surface area (Å²) in [7, 11) is -3.80. The van der Waals surface area contributed by atoms with E-state index in [0.717, 1.165) is 39.8 Å². The summed E-state index contributed by atoms with van der Waals surface area (Å²) in [6.45, 7) is 4.28. The number of nitrogens with zero attached hydrogens (tertiary/aromatic N) is 2. The Balaban J connectivity index is 1.01. The predicted molar refractivity (Wildman–Crippen MR) is 200 cm³/mol. The minimum atomic E-state index is -3.80. The first-order chi connectivity index (χ1) is 24.4. The van der Waals surface area contributed by atoms with Crippen molar-refractivity contribution >= 4 is 78.2 Å². The molecular formula is C37H38ClN5O6S2. The van der Waals surface area contributed by atoms with Gasteiger partial charge in [-0.25, -0.2) is 13.4 Å². The highest BCUT2D eigenvalue weighted by Crippen LogP contribution is 2.29.